The first kappa shape index (κ1) is 9.37. The average Bonchev–Trinajstić information content (AvgIpc) is 2.48. The van der Waals surface area contributed by atoms with Crippen LogP contribution in [0.25, 0.3) is 0 Å². The predicted octanol–water partition coefficient (Wildman–Crippen LogP) is -0.945. The second-order valence-corrected chi connectivity index (χ2v) is 2.49. The van der Waals surface area contributed by atoms with Crippen molar-refractivity contribution in [3.63, 3.8) is 0 Å². The zero-order chi connectivity index (χ0) is 9.68. The highest BCUT2D eigenvalue weighted by Crippen LogP contribution is 1.89. The largest absolute Gasteiger partial charge is 0.352 e. The molecule has 0 fully saturated rings. The summed E-state index contributed by atoms with van der Waals surface area (Å²) in [4.78, 5) is 11.2. The molecule has 1 rings (SSSR count). The number of nitrogens with one attached hydrogen (secondary N) is 1. The lowest BCUT2D eigenvalue weighted by atomic mass is 10.4. The molecule has 13 heavy (non-hydrogen) atoms. The van der Waals surface area contributed by atoms with E-state index in [1.807, 2.05) is 0 Å². The molecular weight excluding hydrogens is 170 g/mol. The Hall–Kier alpha value is -1.72. The smallest absolute Gasteiger partial charge is 0.227 e. The van der Waals surface area contributed by atoms with Gasteiger partial charge >= 0.3 is 0 Å². The summed E-state index contributed by atoms with van der Waals surface area (Å²) in [6, 6.07) is 0. The van der Waals surface area contributed by atoms with Crippen molar-refractivity contribution in [2.24, 2.45) is 7.05 Å². The third-order valence-electron chi connectivity index (χ3n) is 1.47. The van der Waals surface area contributed by atoms with Gasteiger partial charge in [0.2, 0.25) is 5.91 Å². The van der Waals surface area contributed by atoms with Crippen LogP contribution in [0.15, 0.2) is 12.7 Å². The van der Waals surface area contributed by atoms with E-state index in [0.29, 0.717) is 12.4 Å². The Kier molecular flexibility index (Phi) is 3.13. The summed E-state index contributed by atoms with van der Waals surface area (Å²) in [7, 11) is 1.69. The van der Waals surface area contributed by atoms with Crippen molar-refractivity contribution in [3.8, 4) is 0 Å². The van der Waals surface area contributed by atoms with E-state index in [0.717, 1.165) is 0 Å². The molecule has 0 atom stereocenters. The van der Waals surface area contributed by atoms with Crippen LogP contribution in [-0.4, -0.2) is 32.7 Å². The molecular formula is C7H11N5O. The van der Waals surface area contributed by atoms with E-state index in [9.17, 15) is 4.79 Å². The molecule has 6 nitrogen and oxygen atoms in total. The number of carbonyl (C=O) groups is 1. The van der Waals surface area contributed by atoms with E-state index in [1.54, 1.807) is 13.1 Å². The summed E-state index contributed by atoms with van der Waals surface area (Å²) in [6.45, 7) is 3.95. The lowest BCUT2D eigenvalue weighted by Crippen LogP contribution is -2.26. The van der Waals surface area contributed by atoms with Gasteiger partial charge in [0.15, 0.2) is 5.82 Å². The molecule has 0 aliphatic carbocycles. The van der Waals surface area contributed by atoms with Crippen LogP contribution < -0.4 is 5.32 Å². The van der Waals surface area contributed by atoms with Crippen molar-refractivity contribution in [1.82, 2.24) is 25.5 Å². The molecule has 1 amide bonds. The summed E-state index contributed by atoms with van der Waals surface area (Å²) in [6.07, 6.45) is 1.81. The second kappa shape index (κ2) is 4.34. The minimum absolute atomic E-state index is 0.113. The van der Waals surface area contributed by atoms with Gasteiger partial charge in [-0.05, 0) is 10.4 Å². The number of hydrogen-bond donors (Lipinski definition) is 1. The van der Waals surface area contributed by atoms with Crippen LogP contribution in [-0.2, 0) is 18.3 Å². The molecule has 0 aliphatic rings. The maximum atomic E-state index is 11.2. The number of amides is 1. The average molecular weight is 181 g/mol. The summed E-state index contributed by atoms with van der Waals surface area (Å²) in [5, 5.41) is 13.3. The van der Waals surface area contributed by atoms with E-state index in [1.165, 1.54) is 4.68 Å². The molecule has 0 saturated heterocycles. The Morgan fingerprint density at radius 1 is 1.77 bits per heavy atom. The lowest BCUT2D eigenvalue weighted by Gasteiger charge is -1.99. The van der Waals surface area contributed by atoms with Gasteiger partial charge in [-0.1, -0.05) is 6.08 Å². The van der Waals surface area contributed by atoms with Crippen molar-refractivity contribution < 1.29 is 4.79 Å². The van der Waals surface area contributed by atoms with Gasteiger partial charge in [-0.25, -0.2) is 4.68 Å². The van der Waals surface area contributed by atoms with Crippen LogP contribution in [0.4, 0.5) is 0 Å². The van der Waals surface area contributed by atoms with E-state index >= 15 is 0 Å². The molecule has 6 heteroatoms. The Morgan fingerprint density at radius 3 is 3.08 bits per heavy atom. The fourth-order valence-electron chi connectivity index (χ4n) is 0.790. The van der Waals surface area contributed by atoms with E-state index in [4.69, 9.17) is 0 Å². The SMILES string of the molecule is C=CCNC(=O)Cc1nnnn1C. The number of nitrogens with zero attached hydrogens (tertiary/aromatic N) is 4. The third kappa shape index (κ3) is 2.66. The molecule has 0 bridgehead atoms. The normalized spacial score (nSPS) is 9.62. The van der Waals surface area contributed by atoms with Gasteiger partial charge in [-0.2, -0.15) is 0 Å². The Bertz CT molecular complexity index is 306. The monoisotopic (exact) mass is 181 g/mol. The molecule has 0 unspecified atom stereocenters. The van der Waals surface area contributed by atoms with Gasteiger partial charge in [-0.3, -0.25) is 4.79 Å². The maximum absolute atomic E-state index is 11.2. The minimum atomic E-state index is -0.113. The Morgan fingerprint density at radius 2 is 2.54 bits per heavy atom. The van der Waals surface area contributed by atoms with Crippen molar-refractivity contribution in [2.45, 2.75) is 6.42 Å². The fraction of sp³-hybridized carbons (Fsp3) is 0.429. The predicted molar refractivity (Wildman–Crippen MR) is 45.7 cm³/mol. The standard InChI is InChI=1S/C7H11N5O/c1-3-4-8-7(13)5-6-9-10-11-12(6)2/h3H,1,4-5H2,2H3,(H,8,13). The van der Waals surface area contributed by atoms with Crippen molar-refractivity contribution >= 4 is 5.91 Å². The Labute approximate surface area is 75.6 Å². The molecule has 0 radical (unpaired) electrons. The van der Waals surface area contributed by atoms with Crippen LogP contribution in [0.5, 0.6) is 0 Å². The quantitative estimate of drug-likeness (QED) is 0.608. The first-order chi connectivity index (χ1) is 6.24. The molecule has 0 spiro atoms. The van der Waals surface area contributed by atoms with Gasteiger partial charge in [0, 0.05) is 13.6 Å². The topological polar surface area (TPSA) is 72.7 Å². The van der Waals surface area contributed by atoms with Crippen LogP contribution in [0.3, 0.4) is 0 Å². The van der Waals surface area contributed by atoms with Crippen LogP contribution in [0.2, 0.25) is 0 Å². The third-order valence-corrected chi connectivity index (χ3v) is 1.47. The van der Waals surface area contributed by atoms with Crippen molar-refractivity contribution in [2.75, 3.05) is 6.54 Å². The molecule has 70 valence electrons. The number of aromatic nitrogens is 4. The van der Waals surface area contributed by atoms with Gasteiger partial charge in [0.05, 0.1) is 6.42 Å². The summed E-state index contributed by atoms with van der Waals surface area (Å²) >= 11 is 0. The molecule has 1 aromatic heterocycles. The maximum Gasteiger partial charge on any atom is 0.227 e. The number of rotatable bonds is 4. The molecule has 0 saturated carbocycles. The van der Waals surface area contributed by atoms with Gasteiger partial charge in [0.25, 0.3) is 0 Å². The first-order valence-electron chi connectivity index (χ1n) is 3.83. The first-order valence-corrected chi connectivity index (χ1v) is 3.83. The summed E-state index contributed by atoms with van der Waals surface area (Å²) < 4.78 is 1.47. The molecule has 0 aliphatic heterocycles. The zero-order valence-corrected chi connectivity index (χ0v) is 7.40. The Balaban J connectivity index is 2.45. The summed E-state index contributed by atoms with van der Waals surface area (Å²) in [5.41, 5.74) is 0. The molecule has 1 aromatic rings. The molecule has 1 heterocycles. The summed E-state index contributed by atoms with van der Waals surface area (Å²) in [5.74, 6) is 0.430. The number of tetrazole rings is 1. The van der Waals surface area contributed by atoms with E-state index < -0.39 is 0 Å². The minimum Gasteiger partial charge on any atom is -0.352 e. The highest BCUT2D eigenvalue weighted by atomic mass is 16.1. The number of hydrogen-bond acceptors (Lipinski definition) is 4. The highest BCUT2D eigenvalue weighted by molar-refractivity contribution is 5.77. The van der Waals surface area contributed by atoms with Crippen LogP contribution in [0.1, 0.15) is 5.82 Å². The fourth-order valence-corrected chi connectivity index (χ4v) is 0.790. The lowest BCUT2D eigenvalue weighted by molar-refractivity contribution is -0.120. The van der Waals surface area contributed by atoms with Gasteiger partial charge < -0.3 is 5.32 Å². The van der Waals surface area contributed by atoms with E-state index in [2.05, 4.69) is 27.4 Å². The number of carbonyl (C=O) groups excluding carboxylic acids is 1. The van der Waals surface area contributed by atoms with E-state index in [-0.39, 0.29) is 12.3 Å². The number of aryl methyl sites for hydroxylation is 1. The van der Waals surface area contributed by atoms with Gasteiger partial charge in [0.1, 0.15) is 0 Å². The molecule has 0 aromatic carbocycles. The highest BCUT2D eigenvalue weighted by Gasteiger charge is 2.07. The zero-order valence-electron chi connectivity index (χ0n) is 7.40. The second-order valence-electron chi connectivity index (χ2n) is 2.49. The van der Waals surface area contributed by atoms with Crippen LogP contribution in [0, 0.1) is 0 Å². The van der Waals surface area contributed by atoms with Crippen LogP contribution >= 0.6 is 0 Å². The van der Waals surface area contributed by atoms with Crippen molar-refractivity contribution in [1.29, 1.82) is 0 Å². The van der Waals surface area contributed by atoms with Gasteiger partial charge in [-0.15, -0.1) is 11.7 Å². The molecule has 1 N–H and O–H groups in total. The van der Waals surface area contributed by atoms with Crippen molar-refractivity contribution in [3.05, 3.63) is 18.5 Å².